The average molecular weight is 359 g/mol. The molecule has 0 radical (unpaired) electrons. The van der Waals surface area contributed by atoms with Crippen LogP contribution in [0.1, 0.15) is 37.8 Å². The Labute approximate surface area is 124 Å². The van der Waals surface area contributed by atoms with E-state index >= 15 is 0 Å². The molecule has 2 rings (SSSR count). The first-order chi connectivity index (χ1) is 8.81. The van der Waals surface area contributed by atoms with E-state index in [0.29, 0.717) is 6.04 Å². The van der Waals surface area contributed by atoms with Gasteiger partial charge in [-0.15, -0.1) is 0 Å². The van der Waals surface area contributed by atoms with Gasteiger partial charge in [-0.2, -0.15) is 0 Å². The molecule has 1 aliphatic rings. The third-order valence-electron chi connectivity index (χ3n) is 3.64. The van der Waals surface area contributed by atoms with Crippen molar-refractivity contribution in [3.63, 3.8) is 0 Å². The van der Waals surface area contributed by atoms with E-state index in [2.05, 4.69) is 59.1 Å². The second-order valence-electron chi connectivity index (χ2n) is 4.92. The number of nitrogens with one attached hydrogen (secondary N) is 1. The van der Waals surface area contributed by atoms with Crippen molar-refractivity contribution in [2.45, 2.75) is 32.2 Å². The van der Waals surface area contributed by atoms with Crippen LogP contribution >= 0.6 is 22.6 Å². The highest BCUT2D eigenvalue weighted by atomic mass is 127. The van der Waals surface area contributed by atoms with Crippen molar-refractivity contribution in [2.75, 3.05) is 19.8 Å². The van der Waals surface area contributed by atoms with Gasteiger partial charge in [0.05, 0.1) is 0 Å². The van der Waals surface area contributed by atoms with Crippen molar-refractivity contribution in [1.29, 1.82) is 0 Å². The summed E-state index contributed by atoms with van der Waals surface area (Å²) in [6, 6.07) is 9.21. The lowest BCUT2D eigenvalue weighted by atomic mass is 9.89. The fraction of sp³-hybridized carbons (Fsp3) is 0.600. The Morgan fingerprint density at radius 3 is 2.72 bits per heavy atom. The van der Waals surface area contributed by atoms with Crippen LogP contribution in [0.25, 0.3) is 0 Å². The second kappa shape index (κ2) is 7.46. The summed E-state index contributed by atoms with van der Waals surface area (Å²) >= 11 is 2.44. The van der Waals surface area contributed by atoms with Crippen molar-refractivity contribution >= 4 is 22.6 Å². The van der Waals surface area contributed by atoms with E-state index < -0.39 is 0 Å². The average Bonchev–Trinajstić information content (AvgIpc) is 2.40. The number of rotatable bonds is 5. The molecule has 1 aromatic rings. The highest BCUT2D eigenvalue weighted by Crippen LogP contribution is 2.29. The highest BCUT2D eigenvalue weighted by Gasteiger charge is 2.21. The minimum atomic E-state index is 0.492. The molecule has 0 amide bonds. The van der Waals surface area contributed by atoms with Gasteiger partial charge in [-0.3, -0.25) is 0 Å². The third-order valence-corrected chi connectivity index (χ3v) is 4.62. The summed E-state index contributed by atoms with van der Waals surface area (Å²) in [6.07, 6.45) is 3.66. The monoisotopic (exact) mass is 359 g/mol. The molecule has 1 saturated heterocycles. The zero-order chi connectivity index (χ0) is 12.8. The topological polar surface area (TPSA) is 21.3 Å². The van der Waals surface area contributed by atoms with Crippen LogP contribution in [0.15, 0.2) is 24.3 Å². The van der Waals surface area contributed by atoms with Crippen LogP contribution in [0, 0.1) is 9.49 Å². The van der Waals surface area contributed by atoms with Crippen LogP contribution in [-0.4, -0.2) is 19.8 Å². The van der Waals surface area contributed by atoms with E-state index in [0.717, 1.165) is 25.7 Å². The normalized spacial score (nSPS) is 18.8. The maximum atomic E-state index is 5.45. The lowest BCUT2D eigenvalue weighted by Crippen LogP contribution is -2.26. The Morgan fingerprint density at radius 2 is 2.06 bits per heavy atom. The summed E-state index contributed by atoms with van der Waals surface area (Å²) in [5.41, 5.74) is 1.45. The molecule has 1 aromatic carbocycles. The standard InChI is InChI=1S/C15H22INO/c1-2-17-15(11-12-7-9-18-10-8-12)13-5-3-4-6-14(13)16/h3-6,12,15,17H,2,7-11H2,1H3. The molecule has 100 valence electrons. The van der Waals surface area contributed by atoms with E-state index in [-0.39, 0.29) is 0 Å². The molecule has 1 heterocycles. The number of hydrogen-bond acceptors (Lipinski definition) is 2. The summed E-state index contributed by atoms with van der Waals surface area (Å²) in [5.74, 6) is 0.804. The molecule has 1 aliphatic heterocycles. The van der Waals surface area contributed by atoms with E-state index in [4.69, 9.17) is 4.74 Å². The van der Waals surface area contributed by atoms with Gasteiger partial charge in [0.25, 0.3) is 0 Å². The van der Waals surface area contributed by atoms with Gasteiger partial charge < -0.3 is 10.1 Å². The molecule has 1 fully saturated rings. The van der Waals surface area contributed by atoms with E-state index in [1.54, 1.807) is 0 Å². The molecule has 0 spiro atoms. The largest absolute Gasteiger partial charge is 0.381 e. The first-order valence-electron chi connectivity index (χ1n) is 6.86. The van der Waals surface area contributed by atoms with Crippen LogP contribution in [0.5, 0.6) is 0 Å². The first kappa shape index (κ1) is 14.3. The minimum Gasteiger partial charge on any atom is -0.381 e. The molecular weight excluding hydrogens is 337 g/mol. The number of benzene rings is 1. The summed E-state index contributed by atoms with van der Waals surface area (Å²) in [4.78, 5) is 0. The predicted molar refractivity (Wildman–Crippen MR) is 83.7 cm³/mol. The van der Waals surface area contributed by atoms with Crippen molar-refractivity contribution < 1.29 is 4.74 Å². The van der Waals surface area contributed by atoms with Gasteiger partial charge in [0.1, 0.15) is 0 Å². The molecular formula is C15H22INO. The Hall–Kier alpha value is -0.130. The van der Waals surface area contributed by atoms with Gasteiger partial charge in [-0.25, -0.2) is 0 Å². The molecule has 1 N–H and O–H groups in total. The Morgan fingerprint density at radius 1 is 1.33 bits per heavy atom. The van der Waals surface area contributed by atoms with Crippen LogP contribution in [0.3, 0.4) is 0 Å². The van der Waals surface area contributed by atoms with Gasteiger partial charge in [0.2, 0.25) is 0 Å². The maximum absolute atomic E-state index is 5.45. The van der Waals surface area contributed by atoms with Gasteiger partial charge in [-0.05, 0) is 65.9 Å². The summed E-state index contributed by atoms with van der Waals surface area (Å²) in [7, 11) is 0. The lowest BCUT2D eigenvalue weighted by Gasteiger charge is -2.28. The SMILES string of the molecule is CCNC(CC1CCOCC1)c1ccccc1I. The molecule has 1 atom stereocenters. The van der Waals surface area contributed by atoms with E-state index in [1.807, 2.05) is 0 Å². The lowest BCUT2D eigenvalue weighted by molar-refractivity contribution is 0.0605. The minimum absolute atomic E-state index is 0.492. The van der Waals surface area contributed by atoms with Crippen molar-refractivity contribution in [3.05, 3.63) is 33.4 Å². The zero-order valence-electron chi connectivity index (χ0n) is 11.0. The predicted octanol–water partition coefficient (Wildman–Crippen LogP) is 3.76. The summed E-state index contributed by atoms with van der Waals surface area (Å²) in [6.45, 7) is 5.09. The molecule has 1 unspecified atom stereocenters. The van der Waals surface area contributed by atoms with Gasteiger partial charge in [-0.1, -0.05) is 25.1 Å². The van der Waals surface area contributed by atoms with Gasteiger partial charge >= 0.3 is 0 Å². The Kier molecular flexibility index (Phi) is 5.92. The third kappa shape index (κ3) is 3.93. The molecule has 0 aliphatic carbocycles. The smallest absolute Gasteiger partial charge is 0.0468 e. The molecule has 0 aromatic heterocycles. The quantitative estimate of drug-likeness (QED) is 0.809. The molecule has 3 heteroatoms. The molecule has 0 bridgehead atoms. The van der Waals surface area contributed by atoms with Gasteiger partial charge in [0.15, 0.2) is 0 Å². The van der Waals surface area contributed by atoms with Crippen molar-refractivity contribution in [3.8, 4) is 0 Å². The number of halogens is 1. The summed E-state index contributed by atoms with van der Waals surface area (Å²) < 4.78 is 6.82. The highest BCUT2D eigenvalue weighted by molar-refractivity contribution is 14.1. The van der Waals surface area contributed by atoms with E-state index in [9.17, 15) is 0 Å². The summed E-state index contributed by atoms with van der Waals surface area (Å²) in [5, 5.41) is 3.64. The first-order valence-corrected chi connectivity index (χ1v) is 7.94. The van der Waals surface area contributed by atoms with Crippen LogP contribution in [-0.2, 0) is 4.74 Å². The number of ether oxygens (including phenoxy) is 1. The molecule has 2 nitrogen and oxygen atoms in total. The zero-order valence-corrected chi connectivity index (χ0v) is 13.2. The fourth-order valence-electron chi connectivity index (χ4n) is 2.64. The molecule has 0 saturated carbocycles. The fourth-order valence-corrected chi connectivity index (χ4v) is 3.40. The van der Waals surface area contributed by atoms with Crippen LogP contribution in [0.4, 0.5) is 0 Å². The van der Waals surface area contributed by atoms with Crippen molar-refractivity contribution in [1.82, 2.24) is 5.32 Å². The maximum Gasteiger partial charge on any atom is 0.0468 e. The van der Waals surface area contributed by atoms with Crippen LogP contribution in [0.2, 0.25) is 0 Å². The van der Waals surface area contributed by atoms with Gasteiger partial charge in [0, 0.05) is 22.8 Å². The second-order valence-corrected chi connectivity index (χ2v) is 6.09. The number of hydrogen-bond donors (Lipinski definition) is 1. The van der Waals surface area contributed by atoms with Crippen LogP contribution < -0.4 is 5.32 Å². The Bertz CT molecular complexity index is 363. The Balaban J connectivity index is 2.05. The molecule has 18 heavy (non-hydrogen) atoms. The van der Waals surface area contributed by atoms with Crippen molar-refractivity contribution in [2.24, 2.45) is 5.92 Å². The van der Waals surface area contributed by atoms with E-state index in [1.165, 1.54) is 28.4 Å².